The van der Waals surface area contributed by atoms with Crippen LogP contribution < -0.4 is 5.73 Å². The number of benzene rings is 1. The molecule has 4 nitrogen and oxygen atoms in total. The van der Waals surface area contributed by atoms with Gasteiger partial charge in [0.05, 0.1) is 6.61 Å². The zero-order valence-electron chi connectivity index (χ0n) is 11.4. The first kappa shape index (κ1) is 17.2. The fourth-order valence-corrected chi connectivity index (χ4v) is 2.15. The lowest BCUT2D eigenvalue weighted by molar-refractivity contribution is -0.135. The molecule has 1 aliphatic carbocycles. The molecule has 1 unspecified atom stereocenters. The molecule has 6 heteroatoms. The quantitative estimate of drug-likeness (QED) is 0.875. The summed E-state index contributed by atoms with van der Waals surface area (Å²) in [5.41, 5.74) is 6.90. The summed E-state index contributed by atoms with van der Waals surface area (Å²) in [6.45, 7) is 0.834. The van der Waals surface area contributed by atoms with Crippen molar-refractivity contribution in [2.24, 2.45) is 5.73 Å². The first-order valence-corrected chi connectivity index (χ1v) is 6.79. The van der Waals surface area contributed by atoms with Crippen molar-refractivity contribution in [3.8, 4) is 0 Å². The fourth-order valence-electron chi connectivity index (χ4n) is 2.02. The van der Waals surface area contributed by atoms with Crippen molar-refractivity contribution >= 4 is 29.9 Å². The largest absolute Gasteiger partial charge is 0.383 e. The van der Waals surface area contributed by atoms with Crippen LogP contribution in [0.5, 0.6) is 0 Å². The molecule has 1 fully saturated rings. The van der Waals surface area contributed by atoms with E-state index in [0.717, 1.165) is 18.4 Å². The first-order chi connectivity index (χ1) is 9.11. The fraction of sp³-hybridized carbons (Fsp3) is 0.500. The minimum absolute atomic E-state index is 0. The molecule has 0 spiro atoms. The van der Waals surface area contributed by atoms with Crippen LogP contribution in [0.15, 0.2) is 24.3 Å². The third-order valence-electron chi connectivity index (χ3n) is 3.20. The minimum atomic E-state index is -0.585. The minimum Gasteiger partial charge on any atom is -0.383 e. The highest BCUT2D eigenvalue weighted by atomic mass is 35.5. The molecule has 0 heterocycles. The van der Waals surface area contributed by atoms with Gasteiger partial charge in [-0.1, -0.05) is 23.7 Å². The second-order valence-corrected chi connectivity index (χ2v) is 5.32. The molecule has 1 aliphatic rings. The van der Waals surface area contributed by atoms with Crippen LogP contribution in [0.25, 0.3) is 0 Å². The highest BCUT2D eigenvalue weighted by molar-refractivity contribution is 6.30. The monoisotopic (exact) mass is 318 g/mol. The number of halogens is 2. The summed E-state index contributed by atoms with van der Waals surface area (Å²) in [6.07, 6.45) is 2.11. The first-order valence-electron chi connectivity index (χ1n) is 6.41. The molecule has 0 bridgehead atoms. The predicted octanol–water partition coefficient (Wildman–Crippen LogP) is 2.23. The Kier molecular flexibility index (Phi) is 6.76. The van der Waals surface area contributed by atoms with Crippen LogP contribution in [-0.2, 0) is 16.1 Å². The van der Waals surface area contributed by atoms with E-state index >= 15 is 0 Å². The number of nitrogens with two attached hydrogens (primary N) is 1. The Morgan fingerprint density at radius 2 is 2.05 bits per heavy atom. The Labute approximate surface area is 130 Å². The summed E-state index contributed by atoms with van der Waals surface area (Å²) >= 11 is 5.86. The summed E-state index contributed by atoms with van der Waals surface area (Å²) in [7, 11) is 1.55. The maximum Gasteiger partial charge on any atom is 0.242 e. The lowest BCUT2D eigenvalue weighted by atomic mass is 10.2. The van der Waals surface area contributed by atoms with Crippen LogP contribution in [0.1, 0.15) is 18.4 Å². The van der Waals surface area contributed by atoms with Crippen molar-refractivity contribution in [1.82, 2.24) is 4.90 Å². The third-order valence-corrected chi connectivity index (χ3v) is 3.45. The van der Waals surface area contributed by atoms with Crippen molar-refractivity contribution in [1.29, 1.82) is 0 Å². The van der Waals surface area contributed by atoms with Gasteiger partial charge in [0.25, 0.3) is 0 Å². The summed E-state index contributed by atoms with van der Waals surface area (Å²) in [5, 5.41) is 0.698. The molecule has 1 aromatic carbocycles. The molecular weight excluding hydrogens is 299 g/mol. The van der Waals surface area contributed by atoms with E-state index in [4.69, 9.17) is 22.1 Å². The van der Waals surface area contributed by atoms with E-state index in [1.807, 2.05) is 29.2 Å². The van der Waals surface area contributed by atoms with Crippen molar-refractivity contribution in [3.63, 3.8) is 0 Å². The van der Waals surface area contributed by atoms with Gasteiger partial charge < -0.3 is 15.4 Å². The summed E-state index contributed by atoms with van der Waals surface area (Å²) in [5.74, 6) is -0.0423. The Hall–Kier alpha value is -0.810. The smallest absolute Gasteiger partial charge is 0.242 e. The van der Waals surface area contributed by atoms with E-state index in [1.165, 1.54) is 0 Å². The van der Waals surface area contributed by atoms with Gasteiger partial charge in [0.1, 0.15) is 6.04 Å². The van der Waals surface area contributed by atoms with E-state index in [2.05, 4.69) is 0 Å². The molecule has 112 valence electrons. The number of carbonyl (C=O) groups is 1. The van der Waals surface area contributed by atoms with Crippen LogP contribution in [-0.4, -0.2) is 36.6 Å². The Balaban J connectivity index is 0.00000200. The number of hydrogen-bond acceptors (Lipinski definition) is 3. The van der Waals surface area contributed by atoms with Crippen molar-refractivity contribution in [3.05, 3.63) is 34.9 Å². The van der Waals surface area contributed by atoms with E-state index in [1.54, 1.807) is 7.11 Å². The zero-order valence-corrected chi connectivity index (χ0v) is 13.0. The van der Waals surface area contributed by atoms with Gasteiger partial charge in [-0.15, -0.1) is 12.4 Å². The molecule has 0 radical (unpaired) electrons. The molecule has 1 amide bonds. The van der Waals surface area contributed by atoms with E-state index in [0.29, 0.717) is 17.6 Å². The number of amides is 1. The van der Waals surface area contributed by atoms with Gasteiger partial charge in [-0.25, -0.2) is 0 Å². The number of ether oxygens (including phenoxy) is 1. The molecule has 2 rings (SSSR count). The lowest BCUT2D eigenvalue weighted by Gasteiger charge is -2.25. The van der Waals surface area contributed by atoms with Crippen LogP contribution in [0, 0.1) is 0 Å². The van der Waals surface area contributed by atoms with E-state index in [-0.39, 0.29) is 24.9 Å². The van der Waals surface area contributed by atoms with Crippen molar-refractivity contribution in [2.45, 2.75) is 31.5 Å². The van der Waals surface area contributed by atoms with Crippen LogP contribution in [0.3, 0.4) is 0 Å². The Morgan fingerprint density at radius 3 is 2.55 bits per heavy atom. The van der Waals surface area contributed by atoms with Gasteiger partial charge >= 0.3 is 0 Å². The van der Waals surface area contributed by atoms with Gasteiger partial charge in [-0.2, -0.15) is 0 Å². The molecule has 20 heavy (non-hydrogen) atoms. The molecule has 1 saturated carbocycles. The van der Waals surface area contributed by atoms with Crippen molar-refractivity contribution in [2.75, 3.05) is 13.7 Å². The number of methoxy groups -OCH3 is 1. The predicted molar refractivity (Wildman–Crippen MR) is 82.1 cm³/mol. The van der Waals surface area contributed by atoms with Crippen molar-refractivity contribution < 1.29 is 9.53 Å². The zero-order chi connectivity index (χ0) is 13.8. The van der Waals surface area contributed by atoms with Crippen LogP contribution >= 0.6 is 24.0 Å². The molecule has 2 N–H and O–H groups in total. The van der Waals surface area contributed by atoms with Gasteiger partial charge in [0, 0.05) is 24.7 Å². The van der Waals surface area contributed by atoms with Gasteiger partial charge in [-0.05, 0) is 30.5 Å². The summed E-state index contributed by atoms with van der Waals surface area (Å²) in [4.78, 5) is 14.1. The Bertz CT molecular complexity index is 435. The number of carbonyl (C=O) groups excluding carboxylic acids is 1. The summed E-state index contributed by atoms with van der Waals surface area (Å²) < 4.78 is 4.95. The Morgan fingerprint density at radius 1 is 1.45 bits per heavy atom. The number of hydrogen-bond donors (Lipinski definition) is 1. The van der Waals surface area contributed by atoms with Gasteiger partial charge in [0.2, 0.25) is 5.91 Å². The van der Waals surface area contributed by atoms with Crippen LogP contribution in [0.2, 0.25) is 5.02 Å². The molecule has 1 aromatic rings. The SMILES string of the molecule is COCC(N)C(=O)N(Cc1ccc(Cl)cc1)C1CC1.Cl. The van der Waals surface area contributed by atoms with Gasteiger partial charge in [0.15, 0.2) is 0 Å². The normalized spacial score (nSPS) is 15.3. The molecule has 0 saturated heterocycles. The summed E-state index contributed by atoms with van der Waals surface area (Å²) in [6, 6.07) is 7.28. The molecule has 0 aromatic heterocycles. The van der Waals surface area contributed by atoms with E-state index < -0.39 is 6.04 Å². The topological polar surface area (TPSA) is 55.6 Å². The highest BCUT2D eigenvalue weighted by Gasteiger charge is 2.34. The average Bonchev–Trinajstić information content (AvgIpc) is 3.22. The standard InChI is InChI=1S/C14H19ClN2O2.ClH/c1-19-9-13(16)14(18)17(12-6-7-12)8-10-2-4-11(15)5-3-10;/h2-5,12-13H,6-9,16H2,1H3;1H. The maximum absolute atomic E-state index is 12.3. The number of nitrogens with zero attached hydrogens (tertiary/aromatic N) is 1. The van der Waals surface area contributed by atoms with Gasteiger partial charge in [-0.3, -0.25) is 4.79 Å². The lowest BCUT2D eigenvalue weighted by Crippen LogP contribution is -2.46. The second kappa shape index (κ2) is 7.84. The maximum atomic E-state index is 12.3. The molecule has 0 aliphatic heterocycles. The molecule has 1 atom stereocenters. The average molecular weight is 319 g/mol. The highest BCUT2D eigenvalue weighted by Crippen LogP contribution is 2.29. The second-order valence-electron chi connectivity index (χ2n) is 4.89. The molecular formula is C14H20Cl2N2O2. The number of rotatable bonds is 6. The third kappa shape index (κ3) is 4.63. The van der Waals surface area contributed by atoms with E-state index in [9.17, 15) is 4.79 Å². The van der Waals surface area contributed by atoms with Crippen LogP contribution in [0.4, 0.5) is 0 Å².